The minimum Gasteiger partial charge on any atom is -1.00 e. The Kier molecular flexibility index (Phi) is 64.4. The van der Waals surface area contributed by atoms with E-state index in [-0.39, 0.29) is 71.6 Å². The Balaban J connectivity index is -0.0000000121. The fourth-order valence-electron chi connectivity index (χ4n) is 0. The Morgan fingerprint density at radius 1 is 0.389 bits per heavy atom. The normalized spacial score (nSPS) is 6.00. The second-order valence-electron chi connectivity index (χ2n) is 1.39. The van der Waals surface area contributed by atoms with Crippen LogP contribution < -0.4 is 29.6 Å². The number of hydrogen-bond acceptors (Lipinski definition) is 12. The van der Waals surface area contributed by atoms with E-state index >= 15 is 0 Å². The van der Waals surface area contributed by atoms with E-state index < -0.39 is 29.3 Å². The maximum atomic E-state index is 7.17. The molecule has 0 saturated carbocycles. The summed E-state index contributed by atoms with van der Waals surface area (Å²) in [7, 11) is -8.67. The quantitative estimate of drug-likeness (QED) is 0.186. The first-order chi connectivity index (χ1) is 6.93. The molecule has 0 heterocycles. The molecule has 0 spiro atoms. The predicted molar refractivity (Wildman–Crippen MR) is 58.7 cm³/mol. The summed E-state index contributed by atoms with van der Waals surface area (Å²) in [6.07, 6.45) is 0. The number of hydrogen-bond donors (Lipinski definition) is 12. The van der Waals surface area contributed by atoms with Crippen molar-refractivity contribution in [2.45, 2.75) is 0 Å². The molecule has 102 valence electrons. The van der Waals surface area contributed by atoms with Crippen LogP contribution in [0.5, 0.6) is 0 Å². The van der Waals surface area contributed by atoms with Gasteiger partial charge in [-0.05, 0) is 0 Å². The molecule has 0 aromatic rings. The van der Waals surface area contributed by atoms with Crippen LogP contribution in [0.3, 0.4) is 0 Å². The largest absolute Gasteiger partial charge is 2.00 e. The molecule has 0 aromatic heterocycles. The third kappa shape index (κ3) is 1260. The van der Waals surface area contributed by atoms with Crippen LogP contribution in [0.4, 0.5) is 0 Å². The maximum Gasteiger partial charge on any atom is 2.00 e. The molecule has 0 fully saturated rings. The summed E-state index contributed by atoms with van der Waals surface area (Å²) in [6.45, 7) is 0. The molecule has 0 rings (SSSR count). The SMILES string of the molecule is OB(O)O.OB(O)O.OB(O)O.OB(O)O.[Ca+2].[H-].[H-].[H-].[Na+]. The molecule has 12 N–H and O–H groups in total. The molecule has 0 aliphatic rings. The average Bonchev–Trinajstić information content (AvgIpc) is 1.76. The monoisotopic (exact) mass is 314 g/mol. The Morgan fingerprint density at radius 2 is 0.389 bits per heavy atom. The van der Waals surface area contributed by atoms with Gasteiger partial charge in [-0.2, -0.15) is 0 Å². The zero-order valence-corrected chi connectivity index (χ0v) is 13.6. The molecule has 0 aliphatic carbocycles. The first-order valence-electron chi connectivity index (χ1n) is 3.10. The van der Waals surface area contributed by atoms with Crippen molar-refractivity contribution in [2.24, 2.45) is 0 Å². The van der Waals surface area contributed by atoms with E-state index in [1.165, 1.54) is 0 Å². The van der Waals surface area contributed by atoms with E-state index in [4.69, 9.17) is 60.3 Å². The third-order valence-corrected chi connectivity index (χ3v) is 0. The number of rotatable bonds is 0. The van der Waals surface area contributed by atoms with Gasteiger partial charge in [0.15, 0.2) is 0 Å². The van der Waals surface area contributed by atoms with Gasteiger partial charge in [-0.15, -0.1) is 0 Å². The van der Waals surface area contributed by atoms with E-state index in [1.54, 1.807) is 0 Å². The fourth-order valence-corrected chi connectivity index (χ4v) is 0. The standard InChI is InChI=1S/4BH3O3.Ca.Na.3H/c4*2-1(3)4;;;;;/h4*2-4H;;;;;/q;;;;+2;+1;3*-1. The molecule has 12 nitrogen and oxygen atoms in total. The predicted octanol–water partition coefficient (Wildman–Crippen LogP) is -11.2. The van der Waals surface area contributed by atoms with Gasteiger partial charge in [-0.25, -0.2) is 0 Å². The van der Waals surface area contributed by atoms with E-state index in [2.05, 4.69) is 0 Å². The van der Waals surface area contributed by atoms with Crippen molar-refractivity contribution in [3.05, 3.63) is 0 Å². The van der Waals surface area contributed by atoms with Crippen molar-refractivity contribution in [3.63, 3.8) is 0 Å². The van der Waals surface area contributed by atoms with Crippen LogP contribution in [0.25, 0.3) is 0 Å². The minimum absolute atomic E-state index is 0. The third-order valence-electron chi connectivity index (χ3n) is 0. The zero-order valence-electron chi connectivity index (χ0n) is 12.4. The van der Waals surface area contributed by atoms with Crippen molar-refractivity contribution in [1.29, 1.82) is 0 Å². The molecule has 0 saturated heterocycles. The second kappa shape index (κ2) is 31.4. The molecule has 0 aromatic carbocycles. The van der Waals surface area contributed by atoms with Crippen LogP contribution in [-0.2, 0) is 0 Å². The summed E-state index contributed by atoms with van der Waals surface area (Å²) in [5.74, 6) is 0. The average molecular weight is 313 g/mol. The first-order valence-corrected chi connectivity index (χ1v) is 3.10. The van der Waals surface area contributed by atoms with Crippen LogP contribution in [0.2, 0.25) is 0 Å². The molecular weight excluding hydrogens is 298 g/mol. The smallest absolute Gasteiger partial charge is 1.00 e. The molecule has 0 bridgehead atoms. The molecule has 0 atom stereocenters. The van der Waals surface area contributed by atoms with Crippen molar-refractivity contribution >= 4 is 67.0 Å². The van der Waals surface area contributed by atoms with Gasteiger partial charge >= 0.3 is 96.6 Å². The van der Waals surface area contributed by atoms with E-state index in [1.807, 2.05) is 0 Å². The van der Waals surface area contributed by atoms with Crippen LogP contribution >= 0.6 is 0 Å². The van der Waals surface area contributed by atoms with Crippen molar-refractivity contribution in [1.82, 2.24) is 0 Å². The molecular formula is H15B4CaNaO12. The zero-order chi connectivity index (χ0) is 14.3. The molecule has 0 amide bonds. The van der Waals surface area contributed by atoms with Gasteiger partial charge in [0.1, 0.15) is 0 Å². The second-order valence-corrected chi connectivity index (χ2v) is 1.39. The summed E-state index contributed by atoms with van der Waals surface area (Å²) >= 11 is 0. The Bertz CT molecular complexity index is 79.5. The minimum atomic E-state index is -2.17. The van der Waals surface area contributed by atoms with Crippen molar-refractivity contribution in [3.8, 4) is 0 Å². The van der Waals surface area contributed by atoms with Crippen LogP contribution in [-0.4, -0.2) is 127 Å². The molecule has 0 aliphatic heterocycles. The summed E-state index contributed by atoms with van der Waals surface area (Å²) in [4.78, 5) is 0. The molecule has 0 unspecified atom stereocenters. The molecule has 18 heavy (non-hydrogen) atoms. The van der Waals surface area contributed by atoms with Gasteiger partial charge in [-0.1, -0.05) is 0 Å². The van der Waals surface area contributed by atoms with Gasteiger partial charge in [0.2, 0.25) is 0 Å². The first kappa shape index (κ1) is 36.9. The molecule has 18 heteroatoms. The Labute approximate surface area is 160 Å². The summed E-state index contributed by atoms with van der Waals surface area (Å²) < 4.78 is 0. The van der Waals surface area contributed by atoms with Gasteiger partial charge in [0, 0.05) is 0 Å². The fraction of sp³-hybridized carbons (Fsp3) is 0. The van der Waals surface area contributed by atoms with Gasteiger partial charge in [-0.3, -0.25) is 0 Å². The van der Waals surface area contributed by atoms with Crippen molar-refractivity contribution < 1.29 is 94.1 Å². The topological polar surface area (TPSA) is 243 Å². The van der Waals surface area contributed by atoms with Gasteiger partial charge in [0.05, 0.1) is 0 Å². The Morgan fingerprint density at radius 3 is 0.389 bits per heavy atom. The van der Waals surface area contributed by atoms with Crippen molar-refractivity contribution in [2.75, 3.05) is 0 Å². The molecule has 0 radical (unpaired) electrons. The van der Waals surface area contributed by atoms with E-state index in [0.29, 0.717) is 0 Å². The summed E-state index contributed by atoms with van der Waals surface area (Å²) in [5.41, 5.74) is 0. The Hall–Kier alpha value is 2.04. The van der Waals surface area contributed by atoms with E-state index in [0.717, 1.165) is 0 Å². The van der Waals surface area contributed by atoms with Crippen LogP contribution in [0.1, 0.15) is 4.28 Å². The summed E-state index contributed by atoms with van der Waals surface area (Å²) in [6, 6.07) is 0. The van der Waals surface area contributed by atoms with Gasteiger partial charge in [0.25, 0.3) is 0 Å². The summed E-state index contributed by atoms with van der Waals surface area (Å²) in [5, 5.41) is 86.0. The van der Waals surface area contributed by atoms with Crippen LogP contribution in [0, 0.1) is 0 Å². The van der Waals surface area contributed by atoms with Crippen LogP contribution in [0.15, 0.2) is 0 Å². The van der Waals surface area contributed by atoms with Gasteiger partial charge < -0.3 is 64.6 Å². The maximum absolute atomic E-state index is 7.17. The van der Waals surface area contributed by atoms with E-state index in [9.17, 15) is 0 Å².